The van der Waals surface area contributed by atoms with Gasteiger partial charge in [0.2, 0.25) is 0 Å². The topological polar surface area (TPSA) is 29.2 Å². The minimum Gasteiger partial charge on any atom is -0.309 e. The van der Waals surface area contributed by atoms with E-state index in [2.05, 4.69) is 254 Å². The van der Waals surface area contributed by atoms with Crippen LogP contribution in [0, 0.1) is 0 Å². The molecular formula is C63H41N5. The molecule has 0 bridgehead atoms. The molecule has 2 aliphatic heterocycles. The average Bonchev–Trinajstić information content (AvgIpc) is 3.85. The van der Waals surface area contributed by atoms with E-state index in [9.17, 15) is 0 Å². The van der Waals surface area contributed by atoms with E-state index in [1.165, 1.54) is 33.0 Å². The number of hydrogen-bond acceptors (Lipinski definition) is 3. The van der Waals surface area contributed by atoms with Crippen LogP contribution < -0.4 is 9.80 Å². The van der Waals surface area contributed by atoms with Crippen LogP contribution in [0.25, 0.3) is 89.1 Å². The highest BCUT2D eigenvalue weighted by Gasteiger charge is 2.34. The quantitative estimate of drug-likeness (QED) is 0.173. The summed E-state index contributed by atoms with van der Waals surface area (Å²) in [6, 6.07) is 86.2. The van der Waals surface area contributed by atoms with Gasteiger partial charge in [-0.25, -0.2) is 0 Å². The van der Waals surface area contributed by atoms with Crippen LogP contribution in [-0.2, 0) is 0 Å². The molecule has 12 aromatic rings. The summed E-state index contributed by atoms with van der Waals surface area (Å²) in [7, 11) is 0. The minimum absolute atomic E-state index is 1.04. The Labute approximate surface area is 394 Å². The smallest absolute Gasteiger partial charge is 0.0641 e. The minimum atomic E-state index is 1.04. The van der Waals surface area contributed by atoms with Gasteiger partial charge in [0.1, 0.15) is 0 Å². The fourth-order valence-electron chi connectivity index (χ4n) is 11.1. The molecule has 0 radical (unpaired) electrons. The molecule has 0 amide bonds. The Balaban J connectivity index is 1.11. The third-order valence-electron chi connectivity index (χ3n) is 13.8. The summed E-state index contributed by atoms with van der Waals surface area (Å²) in [6.45, 7) is 0. The Hall–Kier alpha value is -9.19. The molecule has 68 heavy (non-hydrogen) atoms. The first kappa shape index (κ1) is 38.1. The second kappa shape index (κ2) is 15.2. The van der Waals surface area contributed by atoms with Crippen molar-refractivity contribution in [2.45, 2.75) is 0 Å². The summed E-state index contributed by atoms with van der Waals surface area (Å²) in [5.74, 6) is 0. The largest absolute Gasteiger partial charge is 0.309 e. The summed E-state index contributed by atoms with van der Waals surface area (Å²) in [5, 5.41) is 2.39. The summed E-state index contributed by atoms with van der Waals surface area (Å²) < 4.78 is 5.03. The van der Waals surface area contributed by atoms with Crippen LogP contribution in [0.1, 0.15) is 0 Å². The molecular weight excluding hydrogens is 827 g/mol. The van der Waals surface area contributed by atoms with Crippen LogP contribution in [0.15, 0.2) is 249 Å². The lowest BCUT2D eigenvalue weighted by molar-refractivity contribution is 1.09. The van der Waals surface area contributed by atoms with E-state index in [1.54, 1.807) is 0 Å². The number of fused-ring (bicyclic) bond motifs is 14. The van der Waals surface area contributed by atoms with E-state index in [0.29, 0.717) is 0 Å². The van der Waals surface area contributed by atoms with Crippen molar-refractivity contribution in [3.05, 3.63) is 249 Å². The number of pyridine rings is 1. The Morgan fingerprint density at radius 1 is 0.294 bits per heavy atom. The molecule has 0 saturated heterocycles. The second-order valence-electron chi connectivity index (χ2n) is 17.5. The molecule has 0 unspecified atom stereocenters. The van der Waals surface area contributed by atoms with Crippen LogP contribution in [0.3, 0.4) is 0 Å². The highest BCUT2D eigenvalue weighted by Crippen LogP contribution is 2.57. The van der Waals surface area contributed by atoms with E-state index in [0.717, 1.165) is 90.2 Å². The average molecular weight is 868 g/mol. The molecule has 5 heterocycles. The molecule has 318 valence electrons. The maximum atomic E-state index is 4.67. The predicted octanol–water partition coefficient (Wildman–Crippen LogP) is 16.9. The van der Waals surface area contributed by atoms with Gasteiger partial charge in [0.25, 0.3) is 0 Å². The maximum Gasteiger partial charge on any atom is 0.0641 e. The summed E-state index contributed by atoms with van der Waals surface area (Å²) in [6.07, 6.45) is 3.84. The number of aromatic nitrogens is 3. The molecule has 0 N–H and O–H groups in total. The van der Waals surface area contributed by atoms with Crippen molar-refractivity contribution in [2.24, 2.45) is 0 Å². The van der Waals surface area contributed by atoms with Gasteiger partial charge in [-0.05, 0) is 90.5 Å². The van der Waals surface area contributed by atoms with Crippen molar-refractivity contribution in [3.63, 3.8) is 0 Å². The van der Waals surface area contributed by atoms with E-state index in [4.69, 9.17) is 0 Å². The predicted molar refractivity (Wildman–Crippen MR) is 282 cm³/mol. The van der Waals surface area contributed by atoms with E-state index in [1.807, 2.05) is 18.5 Å². The molecule has 0 fully saturated rings. The lowest BCUT2D eigenvalue weighted by Crippen LogP contribution is -2.11. The number of para-hydroxylation sites is 8. The summed E-state index contributed by atoms with van der Waals surface area (Å²) in [4.78, 5) is 9.52. The van der Waals surface area contributed by atoms with Gasteiger partial charge < -0.3 is 18.9 Å². The van der Waals surface area contributed by atoms with Gasteiger partial charge in [-0.1, -0.05) is 152 Å². The fraction of sp³-hybridized carbons (Fsp3) is 0. The fourth-order valence-corrected chi connectivity index (χ4v) is 11.1. The van der Waals surface area contributed by atoms with Crippen molar-refractivity contribution < 1.29 is 0 Å². The number of nitrogens with zero attached hydrogens (tertiary/aromatic N) is 5. The molecule has 14 rings (SSSR count). The lowest BCUT2D eigenvalue weighted by Gasteiger charge is -2.27. The SMILES string of the molecule is c1ccc(N2c3ccccc3-c3c(n(-c4cc(-c5cccnc5)cc(-n5c6c(c7ccccc75)-c5ccccc5N(c5ccccc5)c5ccccc5-6)c4)c4ccccc34)-c3ccccc32)cc1. The molecule has 0 spiro atoms. The van der Waals surface area contributed by atoms with Crippen molar-refractivity contribution in [3.8, 4) is 67.3 Å². The third kappa shape index (κ3) is 5.66. The van der Waals surface area contributed by atoms with Crippen molar-refractivity contribution in [1.29, 1.82) is 0 Å². The Bertz CT molecular complexity index is 3690. The van der Waals surface area contributed by atoms with Crippen molar-refractivity contribution in [1.82, 2.24) is 14.1 Å². The zero-order valence-corrected chi connectivity index (χ0v) is 36.9. The molecule has 0 aliphatic carbocycles. The van der Waals surface area contributed by atoms with Gasteiger partial charge in [-0.2, -0.15) is 0 Å². The number of rotatable bonds is 5. The molecule has 3 aromatic heterocycles. The molecule has 0 atom stereocenters. The van der Waals surface area contributed by atoms with E-state index >= 15 is 0 Å². The van der Waals surface area contributed by atoms with Gasteiger partial charge in [0.05, 0.1) is 45.2 Å². The third-order valence-corrected chi connectivity index (χ3v) is 13.8. The standard InChI is InChI=1S/C63H41N5/c1-3-21-44(22-4-1)65-54-31-13-7-25-48(54)60-50-27-9-15-33-56(50)67(62(60)52-29-11-17-35-58(52)65)46-38-43(42-20-19-37-64-41-42)39-47(40-46)68-57-34-16-10-28-51(57)61-49-26-8-14-32-55(49)66(45-23-5-2-6-24-45)59-36-18-12-30-53(59)63(61)68/h1-41H. The highest BCUT2D eigenvalue weighted by molar-refractivity contribution is 6.15. The van der Waals surface area contributed by atoms with E-state index in [-0.39, 0.29) is 0 Å². The van der Waals surface area contributed by atoms with Crippen molar-refractivity contribution >= 4 is 55.9 Å². The number of hydrogen-bond donors (Lipinski definition) is 0. The monoisotopic (exact) mass is 867 g/mol. The zero-order valence-electron chi connectivity index (χ0n) is 36.9. The lowest BCUT2D eigenvalue weighted by atomic mass is 9.98. The first-order valence-corrected chi connectivity index (χ1v) is 23.2. The molecule has 5 nitrogen and oxygen atoms in total. The summed E-state index contributed by atoms with van der Waals surface area (Å²) in [5.41, 5.74) is 22.6. The van der Waals surface area contributed by atoms with Crippen LogP contribution in [0.4, 0.5) is 34.1 Å². The summed E-state index contributed by atoms with van der Waals surface area (Å²) >= 11 is 0. The van der Waals surface area contributed by atoms with Gasteiger partial charge in [-0.15, -0.1) is 0 Å². The molecule has 9 aromatic carbocycles. The second-order valence-corrected chi connectivity index (χ2v) is 17.5. The normalized spacial score (nSPS) is 12.4. The van der Waals surface area contributed by atoms with Gasteiger partial charge in [0, 0.05) is 84.9 Å². The first-order valence-electron chi connectivity index (χ1n) is 23.2. The molecule has 0 saturated carbocycles. The van der Waals surface area contributed by atoms with Crippen LogP contribution >= 0.6 is 0 Å². The first-order chi connectivity index (χ1) is 33.8. The van der Waals surface area contributed by atoms with E-state index < -0.39 is 0 Å². The highest BCUT2D eigenvalue weighted by atomic mass is 15.2. The Morgan fingerprint density at radius 2 is 0.691 bits per heavy atom. The van der Waals surface area contributed by atoms with Gasteiger partial charge >= 0.3 is 0 Å². The Morgan fingerprint density at radius 3 is 1.15 bits per heavy atom. The Kier molecular flexibility index (Phi) is 8.52. The number of anilines is 6. The maximum absolute atomic E-state index is 4.67. The van der Waals surface area contributed by atoms with Crippen LogP contribution in [-0.4, -0.2) is 14.1 Å². The van der Waals surface area contributed by atoms with Gasteiger partial charge in [-0.3, -0.25) is 4.98 Å². The number of benzene rings is 9. The van der Waals surface area contributed by atoms with Gasteiger partial charge in [0.15, 0.2) is 0 Å². The zero-order chi connectivity index (χ0) is 44.7. The van der Waals surface area contributed by atoms with Crippen LogP contribution in [0.2, 0.25) is 0 Å². The van der Waals surface area contributed by atoms with Crippen LogP contribution in [0.5, 0.6) is 0 Å². The van der Waals surface area contributed by atoms with Crippen molar-refractivity contribution in [2.75, 3.05) is 9.80 Å². The molecule has 2 aliphatic rings. The molecule has 5 heteroatoms.